The van der Waals surface area contributed by atoms with Crippen LogP contribution < -0.4 is 5.73 Å². The summed E-state index contributed by atoms with van der Waals surface area (Å²) in [7, 11) is 0. The molecule has 1 aliphatic rings. The van der Waals surface area contributed by atoms with Crippen molar-refractivity contribution in [2.75, 3.05) is 19.6 Å². The number of hydrogen-bond donors (Lipinski definition) is 1. The van der Waals surface area contributed by atoms with Crippen LogP contribution in [0.1, 0.15) is 11.6 Å². The summed E-state index contributed by atoms with van der Waals surface area (Å²) < 4.78 is 0. The van der Waals surface area contributed by atoms with Crippen LogP contribution in [0.3, 0.4) is 0 Å². The lowest BCUT2D eigenvalue weighted by atomic mass is 9.95. The van der Waals surface area contributed by atoms with Gasteiger partial charge >= 0.3 is 0 Å². The quantitative estimate of drug-likeness (QED) is 0.869. The number of hydrogen-bond acceptors (Lipinski definition) is 3. The van der Waals surface area contributed by atoms with Crippen molar-refractivity contribution in [2.24, 2.45) is 11.7 Å². The van der Waals surface area contributed by atoms with E-state index in [0.717, 1.165) is 18.7 Å². The second kappa shape index (κ2) is 4.84. The molecule has 0 saturated carbocycles. The van der Waals surface area contributed by atoms with Crippen molar-refractivity contribution in [3.05, 3.63) is 34.9 Å². The van der Waals surface area contributed by atoms with E-state index in [1.807, 2.05) is 24.3 Å². The molecule has 3 nitrogen and oxygen atoms in total. The second-order valence-corrected chi connectivity index (χ2v) is 4.58. The van der Waals surface area contributed by atoms with Gasteiger partial charge in [-0.15, -0.1) is 0 Å². The van der Waals surface area contributed by atoms with Crippen LogP contribution in [0.2, 0.25) is 5.02 Å². The predicted molar refractivity (Wildman–Crippen MR) is 63.9 cm³/mol. The largest absolute Gasteiger partial charge is 0.330 e. The highest BCUT2D eigenvalue weighted by atomic mass is 35.5. The van der Waals surface area contributed by atoms with Gasteiger partial charge < -0.3 is 5.73 Å². The third kappa shape index (κ3) is 2.19. The van der Waals surface area contributed by atoms with Crippen LogP contribution >= 0.6 is 11.6 Å². The molecule has 1 atom stereocenters. The standard InChI is InChI=1S/C12H14ClN3/c13-11-3-1-10(2-4-11)12(6-15)16-7-9(5-14)8-16/h1-4,9,12H,5,7-8,14H2/t12-/m0/s1. The Labute approximate surface area is 100 Å². The zero-order valence-electron chi connectivity index (χ0n) is 8.94. The van der Waals surface area contributed by atoms with Crippen LogP contribution in [0, 0.1) is 17.2 Å². The van der Waals surface area contributed by atoms with Crippen LogP contribution in [0.25, 0.3) is 0 Å². The van der Waals surface area contributed by atoms with E-state index in [2.05, 4.69) is 11.0 Å². The first kappa shape index (κ1) is 11.4. The molecule has 16 heavy (non-hydrogen) atoms. The Morgan fingerprint density at radius 2 is 2.06 bits per heavy atom. The zero-order chi connectivity index (χ0) is 11.5. The minimum Gasteiger partial charge on any atom is -0.330 e. The van der Waals surface area contributed by atoms with E-state index in [1.54, 1.807) is 0 Å². The first-order chi connectivity index (χ1) is 7.74. The predicted octanol–water partition coefficient (Wildman–Crippen LogP) is 1.80. The van der Waals surface area contributed by atoms with Gasteiger partial charge in [-0.25, -0.2) is 0 Å². The highest BCUT2D eigenvalue weighted by Gasteiger charge is 2.32. The normalized spacial score (nSPS) is 18.8. The van der Waals surface area contributed by atoms with Crippen molar-refractivity contribution >= 4 is 11.6 Å². The first-order valence-corrected chi connectivity index (χ1v) is 5.71. The van der Waals surface area contributed by atoms with Crippen molar-refractivity contribution < 1.29 is 0 Å². The summed E-state index contributed by atoms with van der Waals surface area (Å²) in [5.74, 6) is 0.545. The molecule has 2 rings (SSSR count). The molecule has 0 unspecified atom stereocenters. The summed E-state index contributed by atoms with van der Waals surface area (Å²) in [6, 6.07) is 9.62. The van der Waals surface area contributed by atoms with Gasteiger partial charge in [0, 0.05) is 18.1 Å². The molecule has 1 aromatic carbocycles. The van der Waals surface area contributed by atoms with E-state index < -0.39 is 0 Å². The van der Waals surface area contributed by atoms with Gasteiger partial charge in [-0.3, -0.25) is 4.90 Å². The summed E-state index contributed by atoms with van der Waals surface area (Å²) in [5.41, 5.74) is 6.57. The molecule has 4 heteroatoms. The molecule has 0 radical (unpaired) electrons. The number of rotatable bonds is 3. The molecule has 0 bridgehead atoms. The lowest BCUT2D eigenvalue weighted by Gasteiger charge is -2.41. The Balaban J connectivity index is 2.07. The van der Waals surface area contributed by atoms with Crippen LogP contribution in [-0.2, 0) is 0 Å². The van der Waals surface area contributed by atoms with E-state index in [4.69, 9.17) is 17.3 Å². The molecule has 2 N–H and O–H groups in total. The Bertz CT molecular complexity index is 390. The number of nitrogens with two attached hydrogens (primary N) is 1. The molecular weight excluding hydrogens is 222 g/mol. The average molecular weight is 236 g/mol. The van der Waals surface area contributed by atoms with E-state index in [-0.39, 0.29) is 6.04 Å². The molecule has 1 aliphatic heterocycles. The number of benzene rings is 1. The maximum atomic E-state index is 9.19. The van der Waals surface area contributed by atoms with Gasteiger partial charge in [-0.2, -0.15) is 5.26 Å². The fourth-order valence-electron chi connectivity index (χ4n) is 1.98. The van der Waals surface area contributed by atoms with Crippen LogP contribution in [0.5, 0.6) is 0 Å². The average Bonchev–Trinajstić information content (AvgIpc) is 2.24. The molecule has 0 aliphatic carbocycles. The summed E-state index contributed by atoms with van der Waals surface area (Å²) >= 11 is 5.82. The van der Waals surface area contributed by atoms with E-state index >= 15 is 0 Å². The van der Waals surface area contributed by atoms with Gasteiger partial charge in [0.05, 0.1) is 6.07 Å². The van der Waals surface area contributed by atoms with Crippen molar-refractivity contribution in [1.29, 1.82) is 5.26 Å². The molecule has 1 aromatic rings. The highest BCUT2D eigenvalue weighted by molar-refractivity contribution is 6.30. The summed E-state index contributed by atoms with van der Waals surface area (Å²) in [6.45, 7) is 2.53. The topological polar surface area (TPSA) is 53.0 Å². The number of halogens is 1. The van der Waals surface area contributed by atoms with Crippen molar-refractivity contribution in [3.63, 3.8) is 0 Å². The van der Waals surface area contributed by atoms with Gasteiger partial charge in [0.15, 0.2) is 0 Å². The minimum atomic E-state index is -0.167. The minimum absolute atomic E-state index is 0.167. The lowest BCUT2D eigenvalue weighted by Crippen LogP contribution is -2.50. The van der Waals surface area contributed by atoms with E-state index in [0.29, 0.717) is 17.5 Å². The molecule has 0 spiro atoms. The van der Waals surface area contributed by atoms with Crippen LogP contribution in [-0.4, -0.2) is 24.5 Å². The number of likely N-dealkylation sites (tertiary alicyclic amines) is 1. The van der Waals surface area contributed by atoms with Crippen LogP contribution in [0.15, 0.2) is 24.3 Å². The highest BCUT2D eigenvalue weighted by Crippen LogP contribution is 2.28. The Morgan fingerprint density at radius 3 is 2.56 bits per heavy atom. The van der Waals surface area contributed by atoms with Gasteiger partial charge in [0.1, 0.15) is 6.04 Å². The smallest absolute Gasteiger partial charge is 0.123 e. The van der Waals surface area contributed by atoms with Crippen molar-refractivity contribution in [3.8, 4) is 6.07 Å². The van der Waals surface area contributed by atoms with E-state index in [1.165, 1.54) is 0 Å². The summed E-state index contributed by atoms with van der Waals surface area (Å²) in [6.07, 6.45) is 0. The van der Waals surface area contributed by atoms with Gasteiger partial charge in [0.2, 0.25) is 0 Å². The second-order valence-electron chi connectivity index (χ2n) is 4.14. The van der Waals surface area contributed by atoms with E-state index in [9.17, 15) is 5.26 Å². The SMILES string of the molecule is N#C[C@@H](c1ccc(Cl)cc1)N1CC(CN)C1. The summed E-state index contributed by atoms with van der Waals surface area (Å²) in [5, 5.41) is 9.89. The van der Waals surface area contributed by atoms with Gasteiger partial charge in [-0.1, -0.05) is 23.7 Å². The summed E-state index contributed by atoms with van der Waals surface area (Å²) in [4.78, 5) is 2.14. The molecular formula is C12H14ClN3. The number of nitriles is 1. The molecule has 1 heterocycles. The van der Waals surface area contributed by atoms with Gasteiger partial charge in [0.25, 0.3) is 0 Å². The van der Waals surface area contributed by atoms with Crippen LogP contribution in [0.4, 0.5) is 0 Å². The molecule has 0 amide bonds. The fraction of sp³-hybridized carbons (Fsp3) is 0.417. The first-order valence-electron chi connectivity index (χ1n) is 5.33. The monoisotopic (exact) mass is 235 g/mol. The fourth-order valence-corrected chi connectivity index (χ4v) is 2.11. The molecule has 0 aromatic heterocycles. The van der Waals surface area contributed by atoms with Crippen molar-refractivity contribution in [1.82, 2.24) is 4.90 Å². The number of nitrogens with zero attached hydrogens (tertiary/aromatic N) is 2. The zero-order valence-corrected chi connectivity index (χ0v) is 9.69. The maximum Gasteiger partial charge on any atom is 0.123 e. The molecule has 1 saturated heterocycles. The molecule has 1 fully saturated rings. The van der Waals surface area contributed by atoms with Gasteiger partial charge in [-0.05, 0) is 30.2 Å². The third-order valence-electron chi connectivity index (χ3n) is 2.99. The molecule has 84 valence electrons. The Kier molecular flexibility index (Phi) is 3.45. The Morgan fingerprint density at radius 1 is 1.44 bits per heavy atom. The third-order valence-corrected chi connectivity index (χ3v) is 3.24. The Hall–Kier alpha value is -1.08. The maximum absolute atomic E-state index is 9.19. The lowest BCUT2D eigenvalue weighted by molar-refractivity contribution is 0.0799. The van der Waals surface area contributed by atoms with Crippen molar-refractivity contribution in [2.45, 2.75) is 6.04 Å².